The largest absolute Gasteiger partial charge is 0.241 e. The van der Waals surface area contributed by atoms with Crippen molar-refractivity contribution in [2.24, 2.45) is 0 Å². The topological polar surface area (TPSA) is 12.9 Å². The van der Waals surface area contributed by atoms with Crippen LogP contribution in [0.3, 0.4) is 0 Å². The maximum absolute atomic E-state index is 6.08. The van der Waals surface area contributed by atoms with Gasteiger partial charge in [-0.05, 0) is 19.9 Å². The third-order valence-corrected chi connectivity index (χ3v) is 3.09. The minimum Gasteiger partial charge on any atom is -0.241 e. The molecule has 0 amide bonds. The van der Waals surface area contributed by atoms with E-state index in [9.17, 15) is 0 Å². The molecule has 2 rings (SSSR count). The highest BCUT2D eigenvalue weighted by Gasteiger charge is 2.09. The van der Waals surface area contributed by atoms with Gasteiger partial charge in [-0.15, -0.1) is 11.3 Å². The van der Waals surface area contributed by atoms with Gasteiger partial charge in [-0.2, -0.15) is 0 Å². The SMILES string of the molecule is [CH2]c1sc(C)nc1-c1ccccc1Cl. The Balaban J connectivity index is 2.60. The lowest BCUT2D eigenvalue weighted by Crippen LogP contribution is -1.81. The van der Waals surface area contributed by atoms with E-state index in [2.05, 4.69) is 11.9 Å². The number of aryl methyl sites for hydroxylation is 1. The first kappa shape index (κ1) is 9.69. The molecular formula is C11H9ClNS. The van der Waals surface area contributed by atoms with E-state index in [1.807, 2.05) is 31.2 Å². The molecule has 1 radical (unpaired) electrons. The van der Waals surface area contributed by atoms with Crippen LogP contribution in [0.25, 0.3) is 11.3 Å². The lowest BCUT2D eigenvalue weighted by atomic mass is 10.1. The first-order chi connectivity index (χ1) is 6.68. The molecule has 1 aromatic heterocycles. The maximum Gasteiger partial charge on any atom is 0.0904 e. The van der Waals surface area contributed by atoms with Gasteiger partial charge in [-0.3, -0.25) is 0 Å². The summed E-state index contributed by atoms with van der Waals surface area (Å²) in [5.41, 5.74) is 1.86. The van der Waals surface area contributed by atoms with Gasteiger partial charge in [0.15, 0.2) is 0 Å². The Morgan fingerprint density at radius 1 is 1.36 bits per heavy atom. The Bertz CT molecular complexity index is 462. The molecule has 1 nitrogen and oxygen atoms in total. The quantitative estimate of drug-likeness (QED) is 0.712. The van der Waals surface area contributed by atoms with Crippen molar-refractivity contribution in [3.05, 3.63) is 46.1 Å². The highest BCUT2D eigenvalue weighted by Crippen LogP contribution is 2.31. The highest BCUT2D eigenvalue weighted by atomic mass is 35.5. The first-order valence-electron chi connectivity index (χ1n) is 4.23. The van der Waals surface area contributed by atoms with Crippen LogP contribution in [0.1, 0.15) is 9.88 Å². The molecule has 71 valence electrons. The van der Waals surface area contributed by atoms with Crippen LogP contribution in [0.2, 0.25) is 5.02 Å². The van der Waals surface area contributed by atoms with Crippen molar-refractivity contribution < 1.29 is 0 Å². The van der Waals surface area contributed by atoms with E-state index in [1.165, 1.54) is 0 Å². The lowest BCUT2D eigenvalue weighted by molar-refractivity contribution is 1.29. The average molecular weight is 223 g/mol. The number of hydrogen-bond acceptors (Lipinski definition) is 2. The molecule has 14 heavy (non-hydrogen) atoms. The molecule has 3 heteroatoms. The smallest absolute Gasteiger partial charge is 0.0904 e. The van der Waals surface area contributed by atoms with E-state index in [0.29, 0.717) is 0 Å². The Hall–Kier alpha value is -0.860. The van der Waals surface area contributed by atoms with E-state index in [1.54, 1.807) is 11.3 Å². The summed E-state index contributed by atoms with van der Waals surface area (Å²) in [4.78, 5) is 5.38. The van der Waals surface area contributed by atoms with Gasteiger partial charge in [-0.1, -0.05) is 29.8 Å². The van der Waals surface area contributed by atoms with Crippen molar-refractivity contribution in [1.29, 1.82) is 0 Å². The lowest BCUT2D eigenvalue weighted by Gasteiger charge is -2.00. The second kappa shape index (κ2) is 3.71. The second-order valence-corrected chi connectivity index (χ2v) is 4.68. The van der Waals surface area contributed by atoms with Gasteiger partial charge in [-0.25, -0.2) is 4.98 Å². The Kier molecular flexibility index (Phi) is 2.57. The summed E-state index contributed by atoms with van der Waals surface area (Å²) in [6.45, 7) is 5.93. The van der Waals surface area contributed by atoms with Gasteiger partial charge in [0.25, 0.3) is 0 Å². The monoisotopic (exact) mass is 222 g/mol. The molecule has 0 aliphatic rings. The van der Waals surface area contributed by atoms with Crippen LogP contribution in [0.15, 0.2) is 24.3 Å². The summed E-state index contributed by atoms with van der Waals surface area (Å²) in [5, 5.41) is 1.74. The fraction of sp³-hybridized carbons (Fsp3) is 0.0909. The molecule has 0 aliphatic carbocycles. The van der Waals surface area contributed by atoms with Crippen molar-refractivity contribution >= 4 is 22.9 Å². The second-order valence-electron chi connectivity index (χ2n) is 2.98. The Morgan fingerprint density at radius 3 is 2.64 bits per heavy atom. The van der Waals surface area contributed by atoms with Crippen LogP contribution >= 0.6 is 22.9 Å². The summed E-state index contributed by atoms with van der Waals surface area (Å²) in [6.07, 6.45) is 0. The molecule has 0 atom stereocenters. The standard InChI is InChI=1S/C11H9ClNS/c1-7-11(13-8(2)14-7)9-5-3-4-6-10(9)12/h3-6H,1H2,2H3. The van der Waals surface area contributed by atoms with Gasteiger partial charge in [0, 0.05) is 15.5 Å². The first-order valence-corrected chi connectivity index (χ1v) is 5.42. The number of nitrogens with zero attached hydrogens (tertiary/aromatic N) is 1. The van der Waals surface area contributed by atoms with Crippen LogP contribution < -0.4 is 0 Å². The number of hydrogen-bond donors (Lipinski definition) is 0. The number of aromatic nitrogens is 1. The van der Waals surface area contributed by atoms with Gasteiger partial charge < -0.3 is 0 Å². The van der Waals surface area contributed by atoms with E-state index < -0.39 is 0 Å². The zero-order valence-electron chi connectivity index (χ0n) is 7.75. The molecule has 0 aliphatic heterocycles. The summed E-state index contributed by atoms with van der Waals surface area (Å²) in [7, 11) is 0. The molecule has 2 aromatic rings. The van der Waals surface area contributed by atoms with E-state index >= 15 is 0 Å². The predicted octanol–water partition coefficient (Wildman–Crippen LogP) is 3.95. The molecule has 0 N–H and O–H groups in total. The number of thiazole rings is 1. The van der Waals surface area contributed by atoms with Crippen molar-refractivity contribution in [1.82, 2.24) is 4.98 Å². The van der Waals surface area contributed by atoms with Gasteiger partial charge in [0.2, 0.25) is 0 Å². The Morgan fingerprint density at radius 2 is 2.07 bits per heavy atom. The van der Waals surface area contributed by atoms with Crippen molar-refractivity contribution in [3.63, 3.8) is 0 Å². The van der Waals surface area contributed by atoms with Crippen molar-refractivity contribution in [3.8, 4) is 11.3 Å². The van der Waals surface area contributed by atoms with Gasteiger partial charge >= 0.3 is 0 Å². The number of rotatable bonds is 1. The summed E-state index contributed by atoms with van der Waals surface area (Å²) in [5.74, 6) is 0. The highest BCUT2D eigenvalue weighted by molar-refractivity contribution is 7.12. The zero-order chi connectivity index (χ0) is 10.1. The molecule has 1 aromatic carbocycles. The van der Waals surface area contributed by atoms with Gasteiger partial charge in [0.1, 0.15) is 0 Å². The fourth-order valence-corrected chi connectivity index (χ4v) is 2.30. The van der Waals surface area contributed by atoms with Crippen LogP contribution in [0, 0.1) is 13.8 Å². The number of benzene rings is 1. The Labute approximate surface area is 92.4 Å². The fourth-order valence-electron chi connectivity index (χ4n) is 1.33. The molecule has 0 fully saturated rings. The molecule has 0 saturated carbocycles. The van der Waals surface area contributed by atoms with E-state index in [0.717, 1.165) is 26.2 Å². The van der Waals surface area contributed by atoms with Crippen LogP contribution in [-0.4, -0.2) is 4.98 Å². The van der Waals surface area contributed by atoms with Crippen LogP contribution in [-0.2, 0) is 0 Å². The van der Waals surface area contributed by atoms with Crippen molar-refractivity contribution in [2.45, 2.75) is 6.92 Å². The van der Waals surface area contributed by atoms with Crippen molar-refractivity contribution in [2.75, 3.05) is 0 Å². The molecule has 0 spiro atoms. The van der Waals surface area contributed by atoms with Gasteiger partial charge in [0.05, 0.1) is 10.7 Å². The predicted molar refractivity (Wildman–Crippen MR) is 61.8 cm³/mol. The number of halogens is 1. The summed E-state index contributed by atoms with van der Waals surface area (Å²) in [6, 6.07) is 7.69. The molecule has 0 saturated heterocycles. The van der Waals surface area contributed by atoms with Crippen LogP contribution in [0.5, 0.6) is 0 Å². The average Bonchev–Trinajstić information content (AvgIpc) is 2.46. The molecule has 0 unspecified atom stereocenters. The van der Waals surface area contributed by atoms with E-state index in [4.69, 9.17) is 11.6 Å². The minimum atomic E-state index is 0.725. The molecular weight excluding hydrogens is 214 g/mol. The van der Waals surface area contributed by atoms with E-state index in [-0.39, 0.29) is 0 Å². The maximum atomic E-state index is 6.08. The summed E-state index contributed by atoms with van der Waals surface area (Å²) < 4.78 is 0. The normalized spacial score (nSPS) is 10.5. The summed E-state index contributed by atoms with van der Waals surface area (Å²) >= 11 is 7.67. The third-order valence-electron chi connectivity index (χ3n) is 1.93. The third kappa shape index (κ3) is 1.68. The van der Waals surface area contributed by atoms with Crippen LogP contribution in [0.4, 0.5) is 0 Å². The zero-order valence-corrected chi connectivity index (χ0v) is 9.32. The molecule has 1 heterocycles. The minimum absolute atomic E-state index is 0.725. The molecule has 0 bridgehead atoms.